The number of nitriles is 1. The molecule has 74 valence electrons. The van der Waals surface area contributed by atoms with Gasteiger partial charge in [0.15, 0.2) is 0 Å². The number of benzene rings is 1. The lowest BCUT2D eigenvalue weighted by Crippen LogP contribution is -2.35. The fourth-order valence-corrected chi connectivity index (χ4v) is 1.52. The van der Waals surface area contributed by atoms with Crippen LogP contribution < -0.4 is 10.3 Å². The standard InChI is InChI=1S/C9H4BrN3O2/c10-8-9(14)15-12-13(8)7-4-2-1-3-6(7)5-11/h1-4H/p+1. The summed E-state index contributed by atoms with van der Waals surface area (Å²) < 4.78 is 6.15. The van der Waals surface area contributed by atoms with Gasteiger partial charge in [-0.2, -0.15) is 5.26 Å². The lowest BCUT2D eigenvalue weighted by Gasteiger charge is -1.91. The maximum atomic E-state index is 11.1. The quantitative estimate of drug-likeness (QED) is 0.779. The SMILES string of the molecule is N#Cc1ccccc1-[n+]1[nH]oc(=O)c1Br. The van der Waals surface area contributed by atoms with Gasteiger partial charge < -0.3 is 0 Å². The second kappa shape index (κ2) is 3.71. The predicted octanol–water partition coefficient (Wildman–Crippen LogP) is 0.879. The normalized spacial score (nSPS) is 9.87. The van der Waals surface area contributed by atoms with E-state index in [2.05, 4.69) is 25.7 Å². The summed E-state index contributed by atoms with van der Waals surface area (Å²) >= 11 is 3.07. The Morgan fingerprint density at radius 3 is 2.80 bits per heavy atom. The van der Waals surface area contributed by atoms with Crippen LogP contribution in [0.15, 0.2) is 38.2 Å². The van der Waals surface area contributed by atoms with Crippen molar-refractivity contribution in [2.24, 2.45) is 0 Å². The van der Waals surface area contributed by atoms with E-state index in [4.69, 9.17) is 5.26 Å². The van der Waals surface area contributed by atoms with Crippen molar-refractivity contribution in [3.63, 3.8) is 0 Å². The molecule has 15 heavy (non-hydrogen) atoms. The highest BCUT2D eigenvalue weighted by Crippen LogP contribution is 2.08. The van der Waals surface area contributed by atoms with Gasteiger partial charge in [-0.15, -0.1) is 0 Å². The van der Waals surface area contributed by atoms with E-state index < -0.39 is 5.63 Å². The summed E-state index contributed by atoms with van der Waals surface area (Å²) in [7, 11) is 0. The number of nitrogens with zero attached hydrogens (tertiary/aromatic N) is 2. The minimum atomic E-state index is -0.525. The molecular formula is C9H5BrN3O2+. The largest absolute Gasteiger partial charge is 0.442 e. The summed E-state index contributed by atoms with van der Waals surface area (Å²) in [5, 5.41) is 11.3. The zero-order chi connectivity index (χ0) is 10.8. The van der Waals surface area contributed by atoms with E-state index in [0.717, 1.165) is 0 Å². The third-order valence-electron chi connectivity index (χ3n) is 1.86. The molecule has 0 aliphatic rings. The summed E-state index contributed by atoms with van der Waals surface area (Å²) in [4.78, 5) is 11.1. The second-order valence-electron chi connectivity index (χ2n) is 2.74. The minimum absolute atomic E-state index is 0.213. The number of hydrogen-bond acceptors (Lipinski definition) is 3. The van der Waals surface area contributed by atoms with Crippen LogP contribution in [0.5, 0.6) is 0 Å². The zero-order valence-electron chi connectivity index (χ0n) is 7.40. The van der Waals surface area contributed by atoms with Crippen LogP contribution in [0.1, 0.15) is 5.56 Å². The lowest BCUT2D eigenvalue weighted by molar-refractivity contribution is -0.680. The summed E-state index contributed by atoms with van der Waals surface area (Å²) in [5.41, 5.74) is 0.473. The topological polar surface area (TPSA) is 73.7 Å². The average molecular weight is 267 g/mol. The van der Waals surface area contributed by atoms with Crippen molar-refractivity contribution >= 4 is 15.9 Å². The first-order valence-corrected chi connectivity index (χ1v) is 4.82. The molecule has 1 N–H and O–H groups in total. The van der Waals surface area contributed by atoms with Gasteiger partial charge in [-0.25, -0.2) is 4.79 Å². The summed E-state index contributed by atoms with van der Waals surface area (Å²) in [6.07, 6.45) is 0. The molecule has 0 bridgehead atoms. The van der Waals surface area contributed by atoms with Gasteiger partial charge in [-0.1, -0.05) is 12.1 Å². The van der Waals surface area contributed by atoms with Crippen LogP contribution in [0, 0.1) is 11.3 Å². The van der Waals surface area contributed by atoms with Gasteiger partial charge in [0, 0.05) is 22.0 Å². The fraction of sp³-hybridized carbons (Fsp3) is 0. The van der Waals surface area contributed by atoms with Crippen LogP contribution >= 0.6 is 15.9 Å². The van der Waals surface area contributed by atoms with Gasteiger partial charge in [-0.05, 0) is 16.0 Å². The number of nitrogens with one attached hydrogen (secondary N) is 1. The molecule has 0 fully saturated rings. The maximum absolute atomic E-state index is 11.1. The molecule has 6 heteroatoms. The Morgan fingerprint density at radius 2 is 2.20 bits per heavy atom. The predicted molar refractivity (Wildman–Crippen MR) is 53.3 cm³/mol. The molecule has 0 saturated carbocycles. The first kappa shape index (κ1) is 9.68. The molecule has 0 saturated heterocycles. The van der Waals surface area contributed by atoms with Crippen molar-refractivity contribution in [2.45, 2.75) is 0 Å². The molecule has 0 spiro atoms. The number of para-hydroxylation sites is 1. The third-order valence-corrected chi connectivity index (χ3v) is 2.54. The van der Waals surface area contributed by atoms with Crippen molar-refractivity contribution in [3.05, 3.63) is 44.9 Å². The Bertz CT molecular complexity index is 594. The Kier molecular flexibility index (Phi) is 2.39. The molecule has 0 amide bonds. The maximum Gasteiger partial charge on any atom is 0.442 e. The smallest absolute Gasteiger partial charge is 0.282 e. The summed E-state index contributed by atoms with van der Waals surface area (Å²) in [6, 6.07) is 8.89. The molecule has 2 rings (SSSR count). The van der Waals surface area contributed by atoms with Crippen molar-refractivity contribution in [1.82, 2.24) is 5.27 Å². The van der Waals surface area contributed by atoms with E-state index in [1.165, 1.54) is 4.68 Å². The van der Waals surface area contributed by atoms with Crippen LogP contribution in [0.4, 0.5) is 0 Å². The number of halogens is 1. The van der Waals surface area contributed by atoms with Crippen molar-refractivity contribution < 1.29 is 9.20 Å². The lowest BCUT2D eigenvalue weighted by atomic mass is 10.2. The van der Waals surface area contributed by atoms with Crippen molar-refractivity contribution in [1.29, 1.82) is 5.26 Å². The fourth-order valence-electron chi connectivity index (χ4n) is 1.18. The minimum Gasteiger partial charge on any atom is -0.282 e. The molecule has 2 aromatic rings. The Labute approximate surface area is 92.6 Å². The summed E-state index contributed by atoms with van der Waals surface area (Å²) in [6.45, 7) is 0. The molecule has 1 heterocycles. The summed E-state index contributed by atoms with van der Waals surface area (Å²) in [5.74, 6) is 0. The van der Waals surface area contributed by atoms with Gasteiger partial charge >= 0.3 is 10.2 Å². The van der Waals surface area contributed by atoms with E-state index in [9.17, 15) is 4.79 Å². The Balaban J connectivity index is 2.70. The van der Waals surface area contributed by atoms with Crippen LogP contribution in [-0.2, 0) is 0 Å². The molecular weight excluding hydrogens is 262 g/mol. The van der Waals surface area contributed by atoms with Gasteiger partial charge in [0.25, 0.3) is 5.69 Å². The molecule has 0 atom stereocenters. The molecule has 1 aromatic carbocycles. The number of H-pyrrole nitrogens is 1. The molecule has 0 unspecified atom stereocenters. The highest BCUT2D eigenvalue weighted by molar-refractivity contribution is 9.10. The third kappa shape index (κ3) is 1.57. The van der Waals surface area contributed by atoms with Gasteiger partial charge in [-0.3, -0.25) is 4.52 Å². The highest BCUT2D eigenvalue weighted by Gasteiger charge is 2.22. The van der Waals surface area contributed by atoms with Gasteiger partial charge in [0.2, 0.25) is 0 Å². The number of rotatable bonds is 1. The van der Waals surface area contributed by atoms with Crippen LogP contribution in [0.25, 0.3) is 5.69 Å². The average Bonchev–Trinajstić information content (AvgIpc) is 2.60. The monoisotopic (exact) mass is 266 g/mol. The Hall–Kier alpha value is -1.87. The van der Waals surface area contributed by atoms with E-state index in [1.54, 1.807) is 24.3 Å². The molecule has 5 nitrogen and oxygen atoms in total. The first-order chi connectivity index (χ1) is 7.24. The van der Waals surface area contributed by atoms with Crippen LogP contribution in [-0.4, -0.2) is 5.27 Å². The van der Waals surface area contributed by atoms with E-state index >= 15 is 0 Å². The van der Waals surface area contributed by atoms with Gasteiger partial charge in [0.05, 0.1) is 0 Å². The second-order valence-corrected chi connectivity index (χ2v) is 3.49. The molecule has 0 radical (unpaired) electrons. The van der Waals surface area contributed by atoms with E-state index in [-0.39, 0.29) is 4.60 Å². The number of aromatic amines is 1. The zero-order valence-corrected chi connectivity index (χ0v) is 8.98. The highest BCUT2D eigenvalue weighted by atomic mass is 79.9. The number of aromatic nitrogens is 2. The van der Waals surface area contributed by atoms with Gasteiger partial charge in [0.1, 0.15) is 11.6 Å². The van der Waals surface area contributed by atoms with Crippen molar-refractivity contribution in [2.75, 3.05) is 0 Å². The van der Waals surface area contributed by atoms with Crippen molar-refractivity contribution in [3.8, 4) is 11.8 Å². The van der Waals surface area contributed by atoms with Crippen LogP contribution in [0.3, 0.4) is 0 Å². The molecule has 1 aromatic heterocycles. The van der Waals surface area contributed by atoms with E-state index in [1.807, 2.05) is 6.07 Å². The molecule has 0 aliphatic carbocycles. The first-order valence-electron chi connectivity index (χ1n) is 4.02. The molecule has 0 aliphatic heterocycles. The van der Waals surface area contributed by atoms with Crippen LogP contribution in [0.2, 0.25) is 0 Å². The Morgan fingerprint density at radius 1 is 1.47 bits per heavy atom. The number of hydrogen-bond donors (Lipinski definition) is 1. The van der Waals surface area contributed by atoms with E-state index in [0.29, 0.717) is 11.3 Å².